The third-order valence-corrected chi connectivity index (χ3v) is 4.67. The minimum absolute atomic E-state index is 0.313. The number of rotatable bonds is 4. The van der Waals surface area contributed by atoms with Crippen molar-refractivity contribution in [1.29, 1.82) is 0 Å². The van der Waals surface area contributed by atoms with Crippen molar-refractivity contribution in [3.05, 3.63) is 27.2 Å². The van der Waals surface area contributed by atoms with Gasteiger partial charge in [-0.3, -0.25) is 13.9 Å². The third-order valence-electron chi connectivity index (χ3n) is 4.67. The molecular weight excluding hydrogens is 312 g/mol. The van der Waals surface area contributed by atoms with Gasteiger partial charge < -0.3 is 14.7 Å². The molecule has 9 heteroatoms. The lowest BCUT2D eigenvalue weighted by molar-refractivity contribution is 0.256. The fourth-order valence-corrected chi connectivity index (χ4v) is 3.17. The van der Waals surface area contributed by atoms with Gasteiger partial charge in [0.05, 0.1) is 12.0 Å². The van der Waals surface area contributed by atoms with Crippen LogP contribution >= 0.6 is 0 Å². The summed E-state index contributed by atoms with van der Waals surface area (Å²) in [6.07, 6.45) is 4.10. The number of hydrogen-bond donors (Lipinski definition) is 1. The molecular formula is C15H22N6O3. The summed E-state index contributed by atoms with van der Waals surface area (Å²) in [5, 5.41) is 12.1. The van der Waals surface area contributed by atoms with Crippen LogP contribution in [-0.4, -0.2) is 54.1 Å². The lowest BCUT2D eigenvalue weighted by Gasteiger charge is -2.26. The van der Waals surface area contributed by atoms with Gasteiger partial charge in [-0.1, -0.05) is 5.16 Å². The monoisotopic (exact) mass is 334 g/mol. The molecule has 0 saturated carbocycles. The van der Waals surface area contributed by atoms with Crippen molar-refractivity contribution in [3.63, 3.8) is 0 Å². The van der Waals surface area contributed by atoms with Crippen LogP contribution in [-0.2, 0) is 20.6 Å². The highest BCUT2D eigenvalue weighted by atomic mass is 16.4. The van der Waals surface area contributed by atoms with Gasteiger partial charge in [0, 0.05) is 46.6 Å². The fraction of sp³-hybridized carbons (Fsp3) is 0.600. The molecule has 9 nitrogen and oxygen atoms in total. The second kappa shape index (κ2) is 6.60. The predicted octanol–water partition coefficient (Wildman–Crippen LogP) is -0.250. The minimum atomic E-state index is -0.368. The van der Waals surface area contributed by atoms with E-state index in [1.807, 2.05) is 4.57 Å². The molecule has 2 aromatic rings. The van der Waals surface area contributed by atoms with E-state index >= 15 is 0 Å². The molecule has 0 aromatic carbocycles. The number of likely N-dealkylation sites (tertiary alicyclic amines) is 1. The molecule has 0 atom stereocenters. The van der Waals surface area contributed by atoms with E-state index in [2.05, 4.69) is 15.0 Å². The van der Waals surface area contributed by atoms with E-state index in [0.29, 0.717) is 17.7 Å². The maximum absolute atomic E-state index is 12.4. The van der Waals surface area contributed by atoms with Crippen LogP contribution in [0.2, 0.25) is 0 Å². The minimum Gasteiger partial charge on any atom is -0.411 e. The molecule has 1 aliphatic heterocycles. The lowest BCUT2D eigenvalue weighted by atomic mass is 10.1. The molecule has 24 heavy (non-hydrogen) atoms. The zero-order chi connectivity index (χ0) is 17.3. The van der Waals surface area contributed by atoms with E-state index in [-0.39, 0.29) is 11.2 Å². The third kappa shape index (κ3) is 2.86. The second-order valence-electron chi connectivity index (χ2n) is 6.18. The van der Waals surface area contributed by atoms with Gasteiger partial charge in [0.15, 0.2) is 11.2 Å². The van der Waals surface area contributed by atoms with E-state index in [9.17, 15) is 9.59 Å². The van der Waals surface area contributed by atoms with Crippen LogP contribution in [0.15, 0.2) is 21.1 Å². The lowest BCUT2D eigenvalue weighted by Crippen LogP contribution is -2.37. The average molecular weight is 334 g/mol. The molecule has 1 aliphatic rings. The van der Waals surface area contributed by atoms with Crippen LogP contribution in [0.5, 0.6) is 0 Å². The van der Waals surface area contributed by atoms with Crippen LogP contribution in [0.3, 0.4) is 0 Å². The summed E-state index contributed by atoms with van der Waals surface area (Å²) in [7, 11) is 3.10. The highest BCUT2D eigenvalue weighted by Crippen LogP contribution is 2.10. The normalized spacial score (nSPS) is 16.0. The molecule has 0 unspecified atom stereocenters. The summed E-state index contributed by atoms with van der Waals surface area (Å²) in [5.41, 5.74) is 1.06. The zero-order valence-electron chi connectivity index (χ0n) is 14.0. The topological polar surface area (TPSA) is 97.7 Å². The second-order valence-corrected chi connectivity index (χ2v) is 6.18. The van der Waals surface area contributed by atoms with E-state index in [4.69, 9.17) is 5.21 Å². The molecule has 0 bridgehead atoms. The van der Waals surface area contributed by atoms with Crippen LogP contribution in [0, 0.1) is 0 Å². The van der Waals surface area contributed by atoms with E-state index in [1.54, 1.807) is 13.4 Å². The molecule has 1 N–H and O–H groups in total. The first kappa shape index (κ1) is 16.4. The molecule has 0 radical (unpaired) electrons. The van der Waals surface area contributed by atoms with Crippen LogP contribution in [0.25, 0.3) is 11.2 Å². The van der Waals surface area contributed by atoms with Crippen molar-refractivity contribution >= 4 is 16.9 Å². The maximum atomic E-state index is 12.4. The molecule has 130 valence electrons. The number of nitrogens with zero attached hydrogens (tertiary/aromatic N) is 6. The molecule has 1 saturated heterocycles. The highest BCUT2D eigenvalue weighted by Gasteiger charge is 2.16. The number of aryl methyl sites for hydroxylation is 2. The van der Waals surface area contributed by atoms with E-state index in [1.165, 1.54) is 11.6 Å². The smallest absolute Gasteiger partial charge is 0.332 e. The Labute approximate surface area is 138 Å². The standard InChI is InChI=1S/C15H22N6O3/c1-18-13-12(14(22)19(2)15(18)23)21(10-16-13)7-3-6-20-8-4-11(17-24)5-9-20/h10,24H,3-9H2,1-2H3. The van der Waals surface area contributed by atoms with Gasteiger partial charge in [-0.2, -0.15) is 0 Å². The van der Waals surface area contributed by atoms with Crippen LogP contribution in [0.4, 0.5) is 0 Å². The van der Waals surface area contributed by atoms with Crippen LogP contribution in [0.1, 0.15) is 19.3 Å². The first-order valence-corrected chi connectivity index (χ1v) is 8.06. The zero-order valence-corrected chi connectivity index (χ0v) is 14.0. The Morgan fingerprint density at radius 1 is 1.17 bits per heavy atom. The molecule has 1 fully saturated rings. The summed E-state index contributed by atoms with van der Waals surface area (Å²) in [4.78, 5) is 30.8. The summed E-state index contributed by atoms with van der Waals surface area (Å²) >= 11 is 0. The molecule has 0 aliphatic carbocycles. The van der Waals surface area contributed by atoms with Gasteiger partial charge in [0.2, 0.25) is 0 Å². The molecule has 3 rings (SSSR count). The number of imidazole rings is 1. The van der Waals surface area contributed by atoms with Gasteiger partial charge >= 0.3 is 5.69 Å². The van der Waals surface area contributed by atoms with Crippen molar-refractivity contribution in [2.45, 2.75) is 25.8 Å². The van der Waals surface area contributed by atoms with Crippen molar-refractivity contribution in [2.75, 3.05) is 19.6 Å². The summed E-state index contributed by atoms with van der Waals surface area (Å²) < 4.78 is 4.33. The predicted molar refractivity (Wildman–Crippen MR) is 89.7 cm³/mol. The quantitative estimate of drug-likeness (QED) is 0.614. The maximum Gasteiger partial charge on any atom is 0.332 e. The van der Waals surface area contributed by atoms with Gasteiger partial charge in [-0.05, 0) is 13.0 Å². The Kier molecular flexibility index (Phi) is 4.52. The Balaban J connectivity index is 1.71. The summed E-state index contributed by atoms with van der Waals surface area (Å²) in [6, 6.07) is 0. The molecule has 0 amide bonds. The summed E-state index contributed by atoms with van der Waals surface area (Å²) in [6.45, 7) is 3.35. The number of aromatic nitrogens is 4. The Morgan fingerprint density at radius 3 is 2.54 bits per heavy atom. The van der Waals surface area contributed by atoms with Gasteiger partial charge in [0.25, 0.3) is 5.56 Å². The largest absolute Gasteiger partial charge is 0.411 e. The van der Waals surface area contributed by atoms with Crippen molar-refractivity contribution in [2.24, 2.45) is 19.3 Å². The Morgan fingerprint density at radius 2 is 1.88 bits per heavy atom. The number of oxime groups is 1. The first-order valence-electron chi connectivity index (χ1n) is 8.06. The number of hydrogen-bond acceptors (Lipinski definition) is 6. The molecule has 0 spiro atoms. The molecule has 3 heterocycles. The Hall–Kier alpha value is -2.42. The highest BCUT2D eigenvalue weighted by molar-refractivity contribution is 5.84. The van der Waals surface area contributed by atoms with Crippen molar-refractivity contribution < 1.29 is 5.21 Å². The van der Waals surface area contributed by atoms with Crippen molar-refractivity contribution in [3.8, 4) is 0 Å². The van der Waals surface area contributed by atoms with Crippen LogP contribution < -0.4 is 11.2 Å². The summed E-state index contributed by atoms with van der Waals surface area (Å²) in [5.74, 6) is 0. The van der Waals surface area contributed by atoms with Gasteiger partial charge in [0.1, 0.15) is 0 Å². The SMILES string of the molecule is Cn1c(=O)c2c(ncn2CCCN2CCC(=NO)CC2)n(C)c1=O. The van der Waals surface area contributed by atoms with E-state index in [0.717, 1.165) is 49.2 Å². The Bertz CT molecular complexity index is 881. The number of fused-ring (bicyclic) bond motifs is 1. The van der Waals surface area contributed by atoms with Gasteiger partial charge in [-0.25, -0.2) is 9.78 Å². The van der Waals surface area contributed by atoms with Crippen molar-refractivity contribution in [1.82, 2.24) is 23.6 Å². The average Bonchev–Trinajstić information content (AvgIpc) is 3.03. The first-order chi connectivity index (χ1) is 11.5. The van der Waals surface area contributed by atoms with E-state index < -0.39 is 0 Å². The van der Waals surface area contributed by atoms with Gasteiger partial charge in [-0.15, -0.1) is 0 Å². The molecule has 2 aromatic heterocycles. The fourth-order valence-electron chi connectivity index (χ4n) is 3.17. The number of piperidine rings is 1.